The highest BCUT2D eigenvalue weighted by Crippen LogP contribution is 2.34. The van der Waals surface area contributed by atoms with Gasteiger partial charge in [-0.05, 0) is 12.8 Å². The number of hydrogen-bond acceptors (Lipinski definition) is 1. The van der Waals surface area contributed by atoms with E-state index in [-0.39, 0.29) is 18.1 Å². The second-order valence-corrected chi connectivity index (χ2v) is 2.61. The largest absolute Gasteiger partial charge is 0.348 e. The predicted molar refractivity (Wildman–Crippen MR) is 31.3 cm³/mol. The van der Waals surface area contributed by atoms with E-state index in [9.17, 15) is 9.90 Å². The van der Waals surface area contributed by atoms with Crippen molar-refractivity contribution in [2.24, 2.45) is 0 Å². The maximum absolute atomic E-state index is 10.4. The summed E-state index contributed by atoms with van der Waals surface area (Å²) in [5.41, 5.74) is -0.341. The van der Waals surface area contributed by atoms with Crippen molar-refractivity contribution in [2.75, 3.05) is 6.61 Å². The molecule has 3 nitrogen and oxygen atoms in total. The molecule has 1 saturated carbocycles. The first-order valence-electron chi connectivity index (χ1n) is 3.05. The van der Waals surface area contributed by atoms with Gasteiger partial charge >= 0.3 is 0 Å². The van der Waals surface area contributed by atoms with E-state index < -0.39 is 0 Å². The zero-order valence-corrected chi connectivity index (χ0v) is 5.44. The second kappa shape index (κ2) is 1.99. The third-order valence-electron chi connectivity index (χ3n) is 1.57. The Hall–Kier alpha value is -0.570. The van der Waals surface area contributed by atoms with Crippen LogP contribution in [0.2, 0.25) is 0 Å². The molecule has 0 aromatic heterocycles. The Morgan fingerprint density at radius 1 is 1.67 bits per heavy atom. The molecule has 3 heteroatoms. The van der Waals surface area contributed by atoms with Crippen LogP contribution in [0.15, 0.2) is 0 Å². The molecule has 0 aliphatic heterocycles. The van der Waals surface area contributed by atoms with Gasteiger partial charge in [0.1, 0.15) is 6.61 Å². The van der Waals surface area contributed by atoms with Crippen LogP contribution in [0.4, 0.5) is 0 Å². The summed E-state index contributed by atoms with van der Waals surface area (Å²) in [5, 5.41) is 13.0. The molecule has 0 aromatic carbocycles. The van der Waals surface area contributed by atoms with E-state index in [1.807, 2.05) is 0 Å². The molecule has 0 unspecified atom stereocenters. The monoisotopic (exact) mass is 128 g/mol. The number of carbonyl (C=O) groups excluding carboxylic acids is 1. The molecule has 0 bridgehead atoms. The molecule has 1 radical (unpaired) electrons. The van der Waals surface area contributed by atoms with Crippen molar-refractivity contribution in [1.82, 2.24) is 5.32 Å². The van der Waals surface area contributed by atoms with Gasteiger partial charge in [-0.15, -0.1) is 0 Å². The van der Waals surface area contributed by atoms with E-state index in [2.05, 4.69) is 5.32 Å². The Morgan fingerprint density at radius 2 is 2.22 bits per heavy atom. The van der Waals surface area contributed by atoms with E-state index in [0.29, 0.717) is 0 Å². The van der Waals surface area contributed by atoms with Gasteiger partial charge < -0.3 is 5.32 Å². The van der Waals surface area contributed by atoms with Crippen LogP contribution in [0.5, 0.6) is 0 Å². The zero-order valence-electron chi connectivity index (χ0n) is 5.44. The molecule has 51 valence electrons. The minimum absolute atomic E-state index is 0.0941. The van der Waals surface area contributed by atoms with Gasteiger partial charge in [0.05, 0.1) is 5.54 Å². The molecule has 1 aliphatic carbocycles. The predicted octanol–water partition coefficient (Wildman–Crippen LogP) is 0.0856. The Morgan fingerprint density at radius 3 is 2.33 bits per heavy atom. The molecule has 1 rings (SSSR count). The van der Waals surface area contributed by atoms with Crippen molar-refractivity contribution >= 4 is 5.91 Å². The lowest BCUT2D eigenvalue weighted by Crippen LogP contribution is -2.37. The number of hydrogen-bond donors (Lipinski definition) is 1. The summed E-state index contributed by atoms with van der Waals surface area (Å²) in [6, 6.07) is 0. The fourth-order valence-electron chi connectivity index (χ4n) is 0.830. The first-order valence-corrected chi connectivity index (χ1v) is 3.05. The fraction of sp³-hybridized carbons (Fsp3) is 0.833. The van der Waals surface area contributed by atoms with Crippen molar-refractivity contribution < 1.29 is 9.90 Å². The highest BCUT2D eigenvalue weighted by Gasteiger charge is 2.43. The average molecular weight is 128 g/mol. The zero-order chi connectivity index (χ0) is 6.91. The van der Waals surface area contributed by atoms with Crippen LogP contribution in [0.25, 0.3) is 0 Å². The van der Waals surface area contributed by atoms with E-state index in [1.54, 1.807) is 0 Å². The quantitative estimate of drug-likeness (QED) is 0.562. The van der Waals surface area contributed by atoms with E-state index >= 15 is 0 Å². The molecule has 1 N–H and O–H groups in total. The lowest BCUT2D eigenvalue weighted by molar-refractivity contribution is -0.120. The lowest BCUT2D eigenvalue weighted by atomic mass is 10.3. The molecule has 1 fully saturated rings. The molecule has 0 atom stereocenters. The molecule has 0 aromatic rings. The summed E-state index contributed by atoms with van der Waals surface area (Å²) in [6.07, 6.45) is 1.71. The maximum atomic E-state index is 10.4. The van der Waals surface area contributed by atoms with E-state index in [1.165, 1.54) is 6.92 Å². The topological polar surface area (TPSA) is 49.0 Å². The molecular formula is C6H10NO2. The minimum Gasteiger partial charge on any atom is -0.348 e. The third kappa shape index (κ3) is 1.42. The van der Waals surface area contributed by atoms with Gasteiger partial charge in [-0.25, -0.2) is 5.11 Å². The first kappa shape index (κ1) is 6.55. The van der Waals surface area contributed by atoms with Crippen molar-refractivity contribution in [1.29, 1.82) is 0 Å². The summed E-state index contributed by atoms with van der Waals surface area (Å²) in [6.45, 7) is 1.27. The maximum Gasteiger partial charge on any atom is 0.217 e. The minimum atomic E-state index is -0.341. The highest BCUT2D eigenvalue weighted by atomic mass is 16.3. The number of amides is 1. The molecule has 1 amide bonds. The molecular weight excluding hydrogens is 118 g/mol. The summed E-state index contributed by atoms with van der Waals surface area (Å²) in [5.74, 6) is -0.0941. The van der Waals surface area contributed by atoms with Crippen LogP contribution in [0, 0.1) is 0 Å². The van der Waals surface area contributed by atoms with Gasteiger partial charge in [0, 0.05) is 6.92 Å². The highest BCUT2D eigenvalue weighted by molar-refractivity contribution is 5.74. The van der Waals surface area contributed by atoms with Gasteiger partial charge in [-0.3, -0.25) is 4.79 Å². The Kier molecular flexibility index (Phi) is 1.45. The third-order valence-corrected chi connectivity index (χ3v) is 1.57. The van der Waals surface area contributed by atoms with Crippen LogP contribution < -0.4 is 5.32 Å². The van der Waals surface area contributed by atoms with Gasteiger partial charge in [0.15, 0.2) is 0 Å². The molecule has 0 spiro atoms. The first-order chi connectivity index (χ1) is 4.18. The molecule has 0 saturated heterocycles. The lowest BCUT2D eigenvalue weighted by Gasteiger charge is -2.09. The normalized spacial score (nSPS) is 21.1. The average Bonchev–Trinajstić information content (AvgIpc) is 2.48. The second-order valence-electron chi connectivity index (χ2n) is 2.61. The van der Waals surface area contributed by atoms with E-state index in [0.717, 1.165) is 12.8 Å². The van der Waals surface area contributed by atoms with Crippen LogP contribution in [-0.4, -0.2) is 18.1 Å². The molecule has 1 aliphatic rings. The van der Waals surface area contributed by atoms with Gasteiger partial charge in [-0.1, -0.05) is 0 Å². The Balaban J connectivity index is 2.33. The number of rotatable bonds is 2. The van der Waals surface area contributed by atoms with Crippen molar-refractivity contribution in [3.63, 3.8) is 0 Å². The SMILES string of the molecule is CC(=O)NC1(C[O])CC1. The smallest absolute Gasteiger partial charge is 0.217 e. The van der Waals surface area contributed by atoms with Crippen molar-refractivity contribution in [3.05, 3.63) is 0 Å². The van der Waals surface area contributed by atoms with Crippen LogP contribution in [0.1, 0.15) is 19.8 Å². The van der Waals surface area contributed by atoms with Crippen LogP contribution in [0.3, 0.4) is 0 Å². The van der Waals surface area contributed by atoms with Crippen molar-refractivity contribution in [3.8, 4) is 0 Å². The summed E-state index contributed by atoms with van der Waals surface area (Å²) in [7, 11) is 0. The van der Waals surface area contributed by atoms with Crippen LogP contribution >= 0.6 is 0 Å². The fourth-order valence-corrected chi connectivity index (χ4v) is 0.830. The van der Waals surface area contributed by atoms with Gasteiger partial charge in [-0.2, -0.15) is 0 Å². The Labute approximate surface area is 54.1 Å². The molecule has 9 heavy (non-hydrogen) atoms. The van der Waals surface area contributed by atoms with Crippen LogP contribution in [-0.2, 0) is 9.90 Å². The summed E-state index contributed by atoms with van der Waals surface area (Å²) >= 11 is 0. The number of carbonyl (C=O) groups is 1. The molecule has 0 heterocycles. The summed E-state index contributed by atoms with van der Waals surface area (Å²) in [4.78, 5) is 10.4. The van der Waals surface area contributed by atoms with Gasteiger partial charge in [0.2, 0.25) is 5.91 Å². The van der Waals surface area contributed by atoms with E-state index in [4.69, 9.17) is 0 Å². The Bertz CT molecular complexity index is 129. The van der Waals surface area contributed by atoms with Crippen molar-refractivity contribution in [2.45, 2.75) is 25.3 Å². The van der Waals surface area contributed by atoms with Gasteiger partial charge in [0.25, 0.3) is 0 Å². The summed E-state index contributed by atoms with van der Waals surface area (Å²) < 4.78 is 0. The number of nitrogens with one attached hydrogen (secondary N) is 1. The standard InChI is InChI=1S/C6H10NO2/c1-5(9)7-6(4-8)2-3-6/h2-4H2,1H3,(H,7,9).